The van der Waals surface area contributed by atoms with E-state index < -0.39 is 7.82 Å². The minimum atomic E-state index is -4.64. The second-order valence-corrected chi connectivity index (χ2v) is 12.3. The summed E-state index contributed by atoms with van der Waals surface area (Å²) in [6.07, 6.45) is 40.1. The summed E-state index contributed by atoms with van der Waals surface area (Å²) in [6, 6.07) is 0. The fraction of sp³-hybridized carbons (Fsp3) is 1.00. The Hall–Kier alpha value is 0.0300. The van der Waals surface area contributed by atoms with Crippen LogP contribution in [-0.4, -0.2) is 33.4 Å². The van der Waals surface area contributed by atoms with Gasteiger partial charge in [0.1, 0.15) is 0 Å². The molecule has 0 atom stereocenters. The first-order valence-electron chi connectivity index (χ1n) is 16.8. The average molecular weight is 583 g/mol. The molecule has 0 saturated carbocycles. The van der Waals surface area contributed by atoms with E-state index in [1.54, 1.807) is 0 Å². The molecule has 0 aromatic rings. The minimum absolute atomic E-state index is 0. The molecule has 7 heteroatoms. The first-order valence-corrected chi connectivity index (χ1v) is 18.3. The van der Waals surface area contributed by atoms with Crippen LogP contribution in [0.3, 0.4) is 0 Å². The second-order valence-electron chi connectivity index (χ2n) is 11.3. The van der Waals surface area contributed by atoms with Crippen LogP contribution in [-0.2, 0) is 9.30 Å². The molecular formula is C32H71O6P. The SMILES string of the molecule is CCCCCCCCCCCCCCCCOCCCCCCCCCCCCCCCC.O.O=P(O)(O)O. The van der Waals surface area contributed by atoms with Gasteiger partial charge in [-0.2, -0.15) is 0 Å². The van der Waals surface area contributed by atoms with E-state index in [9.17, 15) is 0 Å². The van der Waals surface area contributed by atoms with Crippen LogP contribution >= 0.6 is 7.82 Å². The largest absolute Gasteiger partial charge is 0.466 e. The standard InChI is InChI=1S/C32H66O.H3O4P.H2O/c1-3-5-7-9-11-13-15-17-19-21-23-25-27-29-31-33-32-30-28-26-24-22-20-18-16-14-12-10-8-6-4-2;1-5(2,3)4;/h3-32H2,1-2H3;(H3,1,2,3,4);1H2. The van der Waals surface area contributed by atoms with E-state index in [1.165, 1.54) is 180 Å². The fourth-order valence-corrected chi connectivity index (χ4v) is 4.90. The van der Waals surface area contributed by atoms with Crippen molar-refractivity contribution >= 4 is 7.82 Å². The predicted molar refractivity (Wildman–Crippen MR) is 169 cm³/mol. The van der Waals surface area contributed by atoms with Gasteiger partial charge in [-0.05, 0) is 12.8 Å². The van der Waals surface area contributed by atoms with Crippen LogP contribution in [0.1, 0.15) is 194 Å². The van der Waals surface area contributed by atoms with Gasteiger partial charge in [0.05, 0.1) is 0 Å². The molecule has 39 heavy (non-hydrogen) atoms. The highest BCUT2D eigenvalue weighted by Crippen LogP contribution is 2.25. The predicted octanol–water partition coefficient (Wildman–Crippen LogP) is 10.2. The van der Waals surface area contributed by atoms with Crippen molar-refractivity contribution in [1.82, 2.24) is 0 Å². The molecule has 0 amide bonds. The van der Waals surface area contributed by atoms with Crippen LogP contribution in [0.25, 0.3) is 0 Å². The summed E-state index contributed by atoms with van der Waals surface area (Å²) in [6.45, 7) is 6.59. The lowest BCUT2D eigenvalue weighted by molar-refractivity contribution is 0.125. The van der Waals surface area contributed by atoms with Crippen molar-refractivity contribution in [2.24, 2.45) is 0 Å². The van der Waals surface area contributed by atoms with Crippen molar-refractivity contribution in [2.45, 2.75) is 194 Å². The van der Waals surface area contributed by atoms with Crippen LogP contribution in [0.5, 0.6) is 0 Å². The molecule has 0 aromatic heterocycles. The molecule has 0 rings (SSSR count). The summed E-state index contributed by atoms with van der Waals surface area (Å²) < 4.78 is 14.7. The molecule has 5 N–H and O–H groups in total. The smallest absolute Gasteiger partial charge is 0.412 e. The molecule has 0 spiro atoms. The summed E-state index contributed by atoms with van der Waals surface area (Å²) >= 11 is 0. The molecule has 0 heterocycles. The lowest BCUT2D eigenvalue weighted by Crippen LogP contribution is -1.97. The number of hydrogen-bond donors (Lipinski definition) is 3. The summed E-state index contributed by atoms with van der Waals surface area (Å²) in [4.78, 5) is 21.6. The first-order chi connectivity index (χ1) is 18.4. The van der Waals surface area contributed by atoms with Gasteiger partial charge in [-0.3, -0.25) is 0 Å². The Labute approximate surface area is 244 Å². The first kappa shape index (κ1) is 43.5. The molecule has 6 nitrogen and oxygen atoms in total. The van der Waals surface area contributed by atoms with Crippen molar-refractivity contribution in [1.29, 1.82) is 0 Å². The average Bonchev–Trinajstić information content (AvgIpc) is 2.87. The zero-order valence-corrected chi connectivity index (χ0v) is 27.2. The maximum atomic E-state index is 8.88. The summed E-state index contributed by atoms with van der Waals surface area (Å²) in [5.74, 6) is 0. The summed E-state index contributed by atoms with van der Waals surface area (Å²) in [5, 5.41) is 0. The van der Waals surface area contributed by atoms with Crippen molar-refractivity contribution in [2.75, 3.05) is 13.2 Å². The zero-order chi connectivity index (χ0) is 28.4. The third-order valence-corrected chi connectivity index (χ3v) is 7.28. The summed E-state index contributed by atoms with van der Waals surface area (Å²) in [5.41, 5.74) is 0. The summed E-state index contributed by atoms with van der Waals surface area (Å²) in [7, 11) is -4.64. The molecule has 0 saturated heterocycles. The van der Waals surface area contributed by atoms with Gasteiger partial charge in [-0.25, -0.2) is 4.57 Å². The Morgan fingerprint density at radius 1 is 0.385 bits per heavy atom. The monoisotopic (exact) mass is 582 g/mol. The second kappa shape index (κ2) is 38.0. The van der Waals surface area contributed by atoms with Crippen LogP contribution in [0, 0.1) is 0 Å². The van der Waals surface area contributed by atoms with E-state index in [0.717, 1.165) is 13.2 Å². The zero-order valence-electron chi connectivity index (χ0n) is 26.3. The Balaban J connectivity index is -0.00000196. The molecule has 240 valence electrons. The molecule has 0 aromatic carbocycles. The molecular weight excluding hydrogens is 511 g/mol. The highest BCUT2D eigenvalue weighted by molar-refractivity contribution is 7.45. The van der Waals surface area contributed by atoms with E-state index in [4.69, 9.17) is 24.0 Å². The maximum absolute atomic E-state index is 8.88. The Bertz CT molecular complexity index is 420. The number of unbranched alkanes of at least 4 members (excludes halogenated alkanes) is 26. The molecule has 0 unspecified atom stereocenters. The molecule has 0 aliphatic carbocycles. The molecule has 0 aliphatic heterocycles. The van der Waals surface area contributed by atoms with E-state index in [2.05, 4.69) is 13.8 Å². The molecule has 0 aliphatic rings. The van der Waals surface area contributed by atoms with Gasteiger partial charge in [-0.15, -0.1) is 0 Å². The normalized spacial score (nSPS) is 11.2. The van der Waals surface area contributed by atoms with Crippen molar-refractivity contribution in [3.8, 4) is 0 Å². The van der Waals surface area contributed by atoms with Crippen LogP contribution < -0.4 is 0 Å². The lowest BCUT2D eigenvalue weighted by atomic mass is 10.0. The minimum Gasteiger partial charge on any atom is -0.412 e. The van der Waals surface area contributed by atoms with E-state index in [0.29, 0.717) is 0 Å². The lowest BCUT2D eigenvalue weighted by Gasteiger charge is -2.05. The Morgan fingerprint density at radius 2 is 0.538 bits per heavy atom. The third kappa shape index (κ3) is 54.7. The van der Waals surface area contributed by atoms with Gasteiger partial charge in [0, 0.05) is 13.2 Å². The molecule has 0 radical (unpaired) electrons. The molecule has 0 fully saturated rings. The van der Waals surface area contributed by atoms with Crippen LogP contribution in [0.4, 0.5) is 0 Å². The molecule has 0 bridgehead atoms. The number of phosphoric acid groups is 1. The van der Waals surface area contributed by atoms with Gasteiger partial charge < -0.3 is 24.9 Å². The van der Waals surface area contributed by atoms with Gasteiger partial charge in [-0.1, -0.05) is 181 Å². The van der Waals surface area contributed by atoms with E-state index >= 15 is 0 Å². The van der Waals surface area contributed by atoms with Crippen molar-refractivity contribution in [3.63, 3.8) is 0 Å². The number of hydrogen-bond acceptors (Lipinski definition) is 2. The van der Waals surface area contributed by atoms with Gasteiger partial charge in [0.25, 0.3) is 0 Å². The van der Waals surface area contributed by atoms with Gasteiger partial charge in [0.2, 0.25) is 0 Å². The van der Waals surface area contributed by atoms with Crippen molar-refractivity contribution < 1.29 is 29.5 Å². The maximum Gasteiger partial charge on any atom is 0.466 e. The van der Waals surface area contributed by atoms with Crippen LogP contribution in [0.15, 0.2) is 0 Å². The van der Waals surface area contributed by atoms with Gasteiger partial charge >= 0.3 is 7.82 Å². The van der Waals surface area contributed by atoms with Crippen LogP contribution in [0.2, 0.25) is 0 Å². The Morgan fingerprint density at radius 3 is 0.718 bits per heavy atom. The van der Waals surface area contributed by atoms with E-state index in [-0.39, 0.29) is 5.48 Å². The van der Waals surface area contributed by atoms with E-state index in [1.807, 2.05) is 0 Å². The highest BCUT2D eigenvalue weighted by Gasteiger charge is 2.00. The third-order valence-electron chi connectivity index (χ3n) is 7.28. The van der Waals surface area contributed by atoms with Gasteiger partial charge in [0.15, 0.2) is 0 Å². The van der Waals surface area contributed by atoms with Crippen molar-refractivity contribution in [3.05, 3.63) is 0 Å². The number of rotatable bonds is 30. The highest BCUT2D eigenvalue weighted by atomic mass is 31.2. The Kier molecular flexibility index (Phi) is 42.4. The number of ether oxygens (including phenoxy) is 1. The fourth-order valence-electron chi connectivity index (χ4n) is 4.90. The topological polar surface area (TPSA) is 118 Å². The quantitative estimate of drug-likeness (QED) is 0.0575.